The Bertz CT molecular complexity index is 636. The minimum absolute atomic E-state index is 0.0162. The number of sulfonamides is 1. The first-order chi connectivity index (χ1) is 8.56. The number of hydrogen-bond donors (Lipinski definition) is 1. The highest BCUT2D eigenvalue weighted by Crippen LogP contribution is 2.33. The van der Waals surface area contributed by atoms with Gasteiger partial charge in [0.1, 0.15) is 6.04 Å². The Hall–Kier alpha value is -1.89. The lowest BCUT2D eigenvalue weighted by atomic mass is 10.2. The zero-order chi connectivity index (χ0) is 13.2. The molecule has 1 aromatic rings. The Kier molecular flexibility index (Phi) is 3.33. The maximum atomic E-state index is 12.0. The molecule has 0 bridgehead atoms. The number of rotatable bonds is 4. The lowest BCUT2D eigenvalue weighted by molar-refractivity contribution is 0.560. The number of nitrogens with one attached hydrogen (secondary N) is 1. The molecule has 1 N–H and O–H groups in total. The van der Waals surface area contributed by atoms with E-state index in [1.807, 2.05) is 12.1 Å². The molecule has 0 aromatic heterocycles. The van der Waals surface area contributed by atoms with Crippen LogP contribution in [0, 0.1) is 28.6 Å². The van der Waals surface area contributed by atoms with E-state index in [-0.39, 0.29) is 16.4 Å². The quantitative estimate of drug-likeness (QED) is 0.879. The Morgan fingerprint density at radius 1 is 1.33 bits per heavy atom. The predicted octanol–water partition coefficient (Wildman–Crippen LogP) is 1.14. The molecule has 92 valence electrons. The summed E-state index contributed by atoms with van der Waals surface area (Å²) >= 11 is 0. The van der Waals surface area contributed by atoms with Crippen molar-refractivity contribution >= 4 is 10.0 Å². The first-order valence-electron chi connectivity index (χ1n) is 5.49. The third-order valence-corrected chi connectivity index (χ3v) is 4.23. The molecule has 2 rings (SSSR count). The molecule has 0 aliphatic heterocycles. The molecule has 18 heavy (non-hydrogen) atoms. The summed E-state index contributed by atoms with van der Waals surface area (Å²) in [5, 5.41) is 17.7. The molecule has 1 aliphatic carbocycles. The summed E-state index contributed by atoms with van der Waals surface area (Å²) in [5.41, 5.74) is 0.276. The normalized spacial score (nSPS) is 16.6. The van der Waals surface area contributed by atoms with Crippen molar-refractivity contribution in [3.05, 3.63) is 29.8 Å². The van der Waals surface area contributed by atoms with Gasteiger partial charge in [-0.3, -0.25) is 0 Å². The van der Waals surface area contributed by atoms with Gasteiger partial charge in [-0.2, -0.15) is 15.2 Å². The minimum atomic E-state index is -3.73. The number of benzene rings is 1. The zero-order valence-corrected chi connectivity index (χ0v) is 10.3. The SMILES string of the molecule is N#Cc1cccc(S(=O)(=O)NC(C#N)C2CC2)c1. The molecule has 0 amide bonds. The molecule has 1 aromatic carbocycles. The van der Waals surface area contributed by atoms with Crippen LogP contribution in [0.3, 0.4) is 0 Å². The van der Waals surface area contributed by atoms with Crippen LogP contribution in [0.15, 0.2) is 29.2 Å². The lowest BCUT2D eigenvalue weighted by Gasteiger charge is -2.11. The zero-order valence-electron chi connectivity index (χ0n) is 9.50. The summed E-state index contributed by atoms with van der Waals surface area (Å²) in [6, 6.07) is 8.91. The van der Waals surface area contributed by atoms with Crippen molar-refractivity contribution in [1.82, 2.24) is 4.72 Å². The molecule has 1 aliphatic rings. The fourth-order valence-corrected chi connectivity index (χ4v) is 2.88. The van der Waals surface area contributed by atoms with Crippen molar-refractivity contribution in [2.24, 2.45) is 5.92 Å². The monoisotopic (exact) mass is 261 g/mol. The van der Waals surface area contributed by atoms with Gasteiger partial charge in [-0.1, -0.05) is 6.07 Å². The Morgan fingerprint density at radius 2 is 2.06 bits per heavy atom. The first-order valence-corrected chi connectivity index (χ1v) is 6.97. The fraction of sp³-hybridized carbons (Fsp3) is 0.333. The van der Waals surface area contributed by atoms with Gasteiger partial charge in [-0.15, -0.1) is 0 Å². The van der Waals surface area contributed by atoms with Gasteiger partial charge in [-0.25, -0.2) is 8.42 Å². The van der Waals surface area contributed by atoms with Crippen molar-refractivity contribution in [3.8, 4) is 12.1 Å². The van der Waals surface area contributed by atoms with E-state index in [1.165, 1.54) is 24.3 Å². The highest BCUT2D eigenvalue weighted by Gasteiger charge is 2.34. The topological polar surface area (TPSA) is 93.8 Å². The second-order valence-electron chi connectivity index (χ2n) is 4.21. The van der Waals surface area contributed by atoms with Crippen LogP contribution < -0.4 is 4.72 Å². The summed E-state index contributed by atoms with van der Waals surface area (Å²) < 4.78 is 26.4. The van der Waals surface area contributed by atoms with Gasteiger partial charge in [-0.05, 0) is 37.0 Å². The largest absolute Gasteiger partial charge is 0.241 e. The fourth-order valence-electron chi connectivity index (χ4n) is 1.63. The van der Waals surface area contributed by atoms with Crippen molar-refractivity contribution in [3.63, 3.8) is 0 Å². The standard InChI is InChI=1S/C12H11N3O2S/c13-7-9-2-1-3-11(6-9)18(16,17)15-12(8-14)10-4-5-10/h1-3,6,10,12,15H,4-5H2. The highest BCUT2D eigenvalue weighted by molar-refractivity contribution is 7.89. The summed E-state index contributed by atoms with van der Waals surface area (Å²) in [5.74, 6) is 0.115. The average molecular weight is 261 g/mol. The first kappa shape index (κ1) is 12.6. The molecular formula is C12H11N3O2S. The molecule has 1 fully saturated rings. The molecule has 1 saturated carbocycles. The van der Waals surface area contributed by atoms with Gasteiger partial charge >= 0.3 is 0 Å². The molecular weight excluding hydrogens is 250 g/mol. The van der Waals surface area contributed by atoms with E-state index in [0.717, 1.165) is 12.8 Å². The van der Waals surface area contributed by atoms with Crippen LogP contribution in [0.2, 0.25) is 0 Å². The van der Waals surface area contributed by atoms with E-state index in [2.05, 4.69) is 4.72 Å². The maximum absolute atomic E-state index is 12.0. The second-order valence-corrected chi connectivity index (χ2v) is 5.92. The molecule has 5 nitrogen and oxygen atoms in total. The molecule has 0 heterocycles. The van der Waals surface area contributed by atoms with E-state index in [9.17, 15) is 8.42 Å². The molecule has 0 saturated heterocycles. The average Bonchev–Trinajstić information content (AvgIpc) is 3.20. The predicted molar refractivity (Wildman–Crippen MR) is 63.6 cm³/mol. The van der Waals surface area contributed by atoms with Gasteiger partial charge in [0.25, 0.3) is 0 Å². The van der Waals surface area contributed by atoms with Crippen molar-refractivity contribution in [2.75, 3.05) is 0 Å². The summed E-state index contributed by atoms with van der Waals surface area (Å²) in [6.07, 6.45) is 1.75. The Balaban J connectivity index is 2.25. The summed E-state index contributed by atoms with van der Waals surface area (Å²) in [4.78, 5) is 0.0162. The van der Waals surface area contributed by atoms with Gasteiger partial charge in [0.05, 0.1) is 22.6 Å². The third kappa shape index (κ3) is 2.67. The van der Waals surface area contributed by atoms with E-state index in [1.54, 1.807) is 0 Å². The summed E-state index contributed by atoms with van der Waals surface area (Å²) in [7, 11) is -3.73. The van der Waals surface area contributed by atoms with Crippen LogP contribution in [0.5, 0.6) is 0 Å². The Labute approximate surface area is 106 Å². The van der Waals surface area contributed by atoms with Crippen molar-refractivity contribution in [2.45, 2.75) is 23.8 Å². The number of nitriles is 2. The van der Waals surface area contributed by atoms with E-state index in [4.69, 9.17) is 10.5 Å². The minimum Gasteiger partial charge on any atom is -0.207 e. The Morgan fingerprint density at radius 3 is 2.61 bits per heavy atom. The van der Waals surface area contributed by atoms with Crippen LogP contribution in [0.1, 0.15) is 18.4 Å². The van der Waals surface area contributed by atoms with E-state index >= 15 is 0 Å². The van der Waals surface area contributed by atoms with Crippen molar-refractivity contribution < 1.29 is 8.42 Å². The van der Waals surface area contributed by atoms with Crippen LogP contribution in [0.25, 0.3) is 0 Å². The molecule has 1 unspecified atom stereocenters. The van der Waals surface area contributed by atoms with Crippen LogP contribution in [0.4, 0.5) is 0 Å². The lowest BCUT2D eigenvalue weighted by Crippen LogP contribution is -2.35. The number of hydrogen-bond acceptors (Lipinski definition) is 4. The van der Waals surface area contributed by atoms with Gasteiger partial charge in [0.15, 0.2) is 0 Å². The van der Waals surface area contributed by atoms with Crippen LogP contribution in [-0.4, -0.2) is 14.5 Å². The third-order valence-electron chi connectivity index (χ3n) is 2.79. The van der Waals surface area contributed by atoms with E-state index < -0.39 is 16.1 Å². The van der Waals surface area contributed by atoms with Gasteiger partial charge in [0, 0.05) is 0 Å². The van der Waals surface area contributed by atoms with Gasteiger partial charge < -0.3 is 0 Å². The second kappa shape index (κ2) is 4.77. The van der Waals surface area contributed by atoms with Crippen molar-refractivity contribution in [1.29, 1.82) is 10.5 Å². The molecule has 6 heteroatoms. The number of nitrogens with zero attached hydrogens (tertiary/aromatic N) is 2. The summed E-state index contributed by atoms with van der Waals surface area (Å²) in [6.45, 7) is 0. The highest BCUT2D eigenvalue weighted by atomic mass is 32.2. The van der Waals surface area contributed by atoms with Gasteiger partial charge in [0.2, 0.25) is 10.0 Å². The van der Waals surface area contributed by atoms with Crippen LogP contribution >= 0.6 is 0 Å². The molecule has 0 radical (unpaired) electrons. The smallest absolute Gasteiger partial charge is 0.207 e. The maximum Gasteiger partial charge on any atom is 0.241 e. The van der Waals surface area contributed by atoms with Crippen LogP contribution in [-0.2, 0) is 10.0 Å². The van der Waals surface area contributed by atoms with E-state index in [0.29, 0.717) is 0 Å². The molecule has 0 spiro atoms. The molecule has 1 atom stereocenters.